The van der Waals surface area contributed by atoms with Crippen LogP contribution in [0.4, 0.5) is 5.82 Å². The van der Waals surface area contributed by atoms with Crippen molar-refractivity contribution >= 4 is 5.82 Å². The van der Waals surface area contributed by atoms with Gasteiger partial charge in [-0.05, 0) is 17.9 Å². The van der Waals surface area contributed by atoms with E-state index in [2.05, 4.69) is 42.4 Å². The van der Waals surface area contributed by atoms with E-state index in [1.54, 1.807) is 6.07 Å². The topological polar surface area (TPSA) is 61.6 Å². The third-order valence-corrected chi connectivity index (χ3v) is 3.03. The van der Waals surface area contributed by atoms with Gasteiger partial charge in [-0.1, -0.05) is 40.0 Å². The molecule has 0 aromatic carbocycles. The summed E-state index contributed by atoms with van der Waals surface area (Å²) in [6.45, 7) is 7.49. The van der Waals surface area contributed by atoms with Gasteiger partial charge in [0.15, 0.2) is 5.82 Å². The average molecular weight is 246 g/mol. The first-order valence-corrected chi connectivity index (χ1v) is 6.55. The fourth-order valence-corrected chi connectivity index (χ4v) is 1.82. The van der Waals surface area contributed by atoms with Crippen molar-refractivity contribution < 1.29 is 0 Å². The fourth-order valence-electron chi connectivity index (χ4n) is 1.82. The van der Waals surface area contributed by atoms with Crippen LogP contribution in [0.3, 0.4) is 0 Å². The molecule has 1 aromatic rings. The van der Waals surface area contributed by atoms with Crippen molar-refractivity contribution in [2.45, 2.75) is 46.5 Å². The van der Waals surface area contributed by atoms with Gasteiger partial charge in [0.05, 0.1) is 11.8 Å². The number of hydrogen-bond donors (Lipinski definition) is 1. The number of nitrogens with zero attached hydrogens (tertiary/aromatic N) is 3. The molecule has 0 unspecified atom stereocenters. The largest absolute Gasteiger partial charge is 0.367 e. The van der Waals surface area contributed by atoms with Crippen LogP contribution in [-0.2, 0) is 0 Å². The number of anilines is 1. The van der Waals surface area contributed by atoms with Crippen LogP contribution >= 0.6 is 0 Å². The molecular formula is C14H22N4. The normalized spacial score (nSPS) is 11.0. The zero-order valence-corrected chi connectivity index (χ0v) is 11.5. The highest BCUT2D eigenvalue weighted by Gasteiger charge is 2.17. The molecule has 0 saturated carbocycles. The molecule has 0 saturated heterocycles. The Morgan fingerprint density at radius 1 is 1.39 bits per heavy atom. The molecule has 1 rings (SSSR count). The van der Waals surface area contributed by atoms with Crippen LogP contribution in [0, 0.1) is 16.7 Å². The third kappa shape index (κ3) is 4.70. The second-order valence-corrected chi connectivity index (χ2v) is 5.38. The molecule has 1 aromatic heterocycles. The molecule has 4 heteroatoms. The van der Waals surface area contributed by atoms with Crippen molar-refractivity contribution in [3.8, 4) is 6.07 Å². The van der Waals surface area contributed by atoms with E-state index in [9.17, 15) is 0 Å². The van der Waals surface area contributed by atoms with Crippen molar-refractivity contribution in [2.75, 3.05) is 11.9 Å². The minimum atomic E-state index is 0.208. The summed E-state index contributed by atoms with van der Waals surface area (Å²) in [5.74, 6) is 0.587. The Bertz CT molecular complexity index is 407. The third-order valence-electron chi connectivity index (χ3n) is 3.03. The van der Waals surface area contributed by atoms with Gasteiger partial charge in [-0.3, -0.25) is 0 Å². The van der Waals surface area contributed by atoms with E-state index < -0.39 is 0 Å². The summed E-state index contributed by atoms with van der Waals surface area (Å²) in [7, 11) is 0. The van der Waals surface area contributed by atoms with Gasteiger partial charge in [0.1, 0.15) is 6.07 Å². The first kappa shape index (κ1) is 14.4. The first-order chi connectivity index (χ1) is 8.59. The molecule has 0 radical (unpaired) electrons. The van der Waals surface area contributed by atoms with Crippen LogP contribution in [0.1, 0.15) is 52.0 Å². The van der Waals surface area contributed by atoms with E-state index in [0.717, 1.165) is 6.54 Å². The quantitative estimate of drug-likeness (QED) is 0.749. The molecule has 18 heavy (non-hydrogen) atoms. The number of rotatable bonds is 7. The smallest absolute Gasteiger partial charge is 0.166 e. The Balaban J connectivity index is 2.51. The molecule has 0 spiro atoms. The minimum absolute atomic E-state index is 0.208. The number of aromatic nitrogens is 2. The molecular weight excluding hydrogens is 224 g/mol. The van der Waals surface area contributed by atoms with E-state index in [1.807, 2.05) is 0 Å². The molecule has 0 amide bonds. The van der Waals surface area contributed by atoms with Crippen LogP contribution < -0.4 is 5.32 Å². The number of unbranched alkanes of at least 4 members (excludes halogenated alkanes) is 2. The Morgan fingerprint density at radius 2 is 2.17 bits per heavy atom. The van der Waals surface area contributed by atoms with Crippen LogP contribution in [0.5, 0.6) is 0 Å². The maximum absolute atomic E-state index is 8.96. The van der Waals surface area contributed by atoms with Gasteiger partial charge in [0, 0.05) is 6.54 Å². The Kier molecular flexibility index (Phi) is 5.57. The highest BCUT2D eigenvalue weighted by molar-refractivity contribution is 5.50. The lowest BCUT2D eigenvalue weighted by Crippen LogP contribution is -2.24. The van der Waals surface area contributed by atoms with Gasteiger partial charge in [-0.15, -0.1) is 5.10 Å². The Labute approximate surface area is 109 Å². The molecule has 1 N–H and O–H groups in total. The SMILES string of the molecule is CCCCCC(C)(C)CNc1nnccc1C#N. The maximum atomic E-state index is 8.96. The van der Waals surface area contributed by atoms with Crippen molar-refractivity contribution in [2.24, 2.45) is 5.41 Å². The highest BCUT2D eigenvalue weighted by Crippen LogP contribution is 2.24. The number of nitriles is 1. The summed E-state index contributed by atoms with van der Waals surface area (Å²) in [6.07, 6.45) is 6.48. The lowest BCUT2D eigenvalue weighted by atomic mass is 9.87. The summed E-state index contributed by atoms with van der Waals surface area (Å²) in [4.78, 5) is 0. The Hall–Kier alpha value is -1.63. The predicted octanol–water partition coefficient (Wildman–Crippen LogP) is 3.37. The minimum Gasteiger partial charge on any atom is -0.367 e. The van der Waals surface area contributed by atoms with Gasteiger partial charge in [-0.2, -0.15) is 10.4 Å². The molecule has 0 aliphatic heterocycles. The van der Waals surface area contributed by atoms with Crippen LogP contribution in [-0.4, -0.2) is 16.7 Å². The van der Waals surface area contributed by atoms with E-state index in [4.69, 9.17) is 5.26 Å². The molecule has 0 aliphatic carbocycles. The molecule has 1 heterocycles. The number of nitrogens with one attached hydrogen (secondary N) is 1. The second-order valence-electron chi connectivity index (χ2n) is 5.38. The van der Waals surface area contributed by atoms with Crippen LogP contribution in [0.15, 0.2) is 12.3 Å². The lowest BCUT2D eigenvalue weighted by Gasteiger charge is -2.25. The average Bonchev–Trinajstić information content (AvgIpc) is 2.37. The Morgan fingerprint density at radius 3 is 2.83 bits per heavy atom. The number of hydrogen-bond acceptors (Lipinski definition) is 4. The van der Waals surface area contributed by atoms with Crippen molar-refractivity contribution in [3.63, 3.8) is 0 Å². The van der Waals surface area contributed by atoms with Crippen molar-refractivity contribution in [3.05, 3.63) is 17.8 Å². The second kappa shape index (κ2) is 6.95. The van der Waals surface area contributed by atoms with E-state index in [-0.39, 0.29) is 5.41 Å². The van der Waals surface area contributed by atoms with Crippen molar-refractivity contribution in [1.82, 2.24) is 10.2 Å². The van der Waals surface area contributed by atoms with Gasteiger partial charge in [0.2, 0.25) is 0 Å². The molecule has 0 bridgehead atoms. The zero-order valence-electron chi connectivity index (χ0n) is 11.5. The lowest BCUT2D eigenvalue weighted by molar-refractivity contribution is 0.342. The summed E-state index contributed by atoms with van der Waals surface area (Å²) in [5.41, 5.74) is 0.758. The predicted molar refractivity (Wildman–Crippen MR) is 73.2 cm³/mol. The van der Waals surface area contributed by atoms with Gasteiger partial charge < -0.3 is 5.32 Å². The summed E-state index contributed by atoms with van der Waals surface area (Å²) < 4.78 is 0. The maximum Gasteiger partial charge on any atom is 0.166 e. The highest BCUT2D eigenvalue weighted by atomic mass is 15.2. The van der Waals surface area contributed by atoms with Gasteiger partial charge >= 0.3 is 0 Å². The fraction of sp³-hybridized carbons (Fsp3) is 0.643. The van der Waals surface area contributed by atoms with E-state index in [0.29, 0.717) is 11.4 Å². The van der Waals surface area contributed by atoms with E-state index >= 15 is 0 Å². The zero-order chi connectivity index (χ0) is 13.4. The van der Waals surface area contributed by atoms with Crippen LogP contribution in [0.25, 0.3) is 0 Å². The summed E-state index contributed by atoms with van der Waals surface area (Å²) >= 11 is 0. The summed E-state index contributed by atoms with van der Waals surface area (Å²) in [6, 6.07) is 3.80. The molecule has 4 nitrogen and oxygen atoms in total. The summed E-state index contributed by atoms with van der Waals surface area (Å²) in [5, 5.41) is 20.0. The molecule has 98 valence electrons. The standard InChI is InChI=1S/C14H22N4/c1-4-5-6-8-14(2,3)11-16-13-12(10-15)7-9-17-18-13/h7,9H,4-6,8,11H2,1-3H3,(H,16,18). The van der Waals surface area contributed by atoms with E-state index in [1.165, 1.54) is 31.9 Å². The first-order valence-electron chi connectivity index (χ1n) is 6.55. The van der Waals surface area contributed by atoms with Crippen LogP contribution in [0.2, 0.25) is 0 Å². The van der Waals surface area contributed by atoms with Crippen molar-refractivity contribution in [1.29, 1.82) is 5.26 Å². The van der Waals surface area contributed by atoms with Gasteiger partial charge in [-0.25, -0.2) is 0 Å². The van der Waals surface area contributed by atoms with Gasteiger partial charge in [0.25, 0.3) is 0 Å². The monoisotopic (exact) mass is 246 g/mol. The molecule has 0 fully saturated rings. The molecule has 0 aliphatic rings. The molecule has 0 atom stereocenters.